The van der Waals surface area contributed by atoms with E-state index in [0.29, 0.717) is 24.6 Å². The molecular formula is C17H24N4O2. The molecule has 2 aliphatic rings. The van der Waals surface area contributed by atoms with Crippen LogP contribution in [0.15, 0.2) is 18.2 Å². The lowest BCUT2D eigenvalue weighted by Gasteiger charge is -2.32. The SMILES string of the molecule is CN[C@@H]1CCCN(C(=O)c2ccc3c(c2)NC(=O)CCN3C)C1. The molecular weight excluding hydrogens is 292 g/mol. The maximum Gasteiger partial charge on any atom is 0.253 e. The van der Waals surface area contributed by atoms with Crippen molar-refractivity contribution in [1.29, 1.82) is 0 Å². The van der Waals surface area contributed by atoms with E-state index in [0.717, 1.165) is 37.3 Å². The number of piperidine rings is 1. The van der Waals surface area contributed by atoms with Gasteiger partial charge in [0.15, 0.2) is 0 Å². The third-order valence-corrected chi connectivity index (χ3v) is 4.72. The number of rotatable bonds is 2. The highest BCUT2D eigenvalue weighted by Crippen LogP contribution is 2.29. The fourth-order valence-corrected chi connectivity index (χ4v) is 3.28. The van der Waals surface area contributed by atoms with Crippen molar-refractivity contribution in [3.63, 3.8) is 0 Å². The second-order valence-corrected chi connectivity index (χ2v) is 6.33. The standard InChI is InChI=1S/C17H24N4O2/c1-18-13-4-3-8-21(11-13)17(23)12-5-6-15-14(10-12)19-16(22)7-9-20(15)2/h5-6,10,13,18H,3-4,7-9,11H2,1-2H3,(H,19,22)/t13-/m1/s1. The number of nitrogens with zero attached hydrogens (tertiary/aromatic N) is 2. The third-order valence-electron chi connectivity index (χ3n) is 4.72. The molecule has 0 saturated carbocycles. The molecule has 3 rings (SSSR count). The van der Waals surface area contributed by atoms with E-state index in [4.69, 9.17) is 0 Å². The van der Waals surface area contributed by atoms with Crippen molar-refractivity contribution in [2.45, 2.75) is 25.3 Å². The highest BCUT2D eigenvalue weighted by Gasteiger charge is 2.25. The predicted octanol–water partition coefficient (Wildman–Crippen LogP) is 1.29. The van der Waals surface area contributed by atoms with E-state index >= 15 is 0 Å². The normalized spacial score (nSPS) is 21.5. The van der Waals surface area contributed by atoms with Crippen LogP contribution in [0.25, 0.3) is 0 Å². The maximum atomic E-state index is 12.8. The quantitative estimate of drug-likeness (QED) is 0.863. The van der Waals surface area contributed by atoms with Crippen LogP contribution in [0.4, 0.5) is 11.4 Å². The van der Waals surface area contributed by atoms with Crippen molar-refractivity contribution in [2.75, 3.05) is 43.9 Å². The average molecular weight is 316 g/mol. The minimum Gasteiger partial charge on any atom is -0.372 e. The minimum atomic E-state index is -0.00609. The molecule has 0 spiro atoms. The molecule has 0 radical (unpaired) electrons. The Hall–Kier alpha value is -2.08. The molecule has 0 aliphatic carbocycles. The molecule has 1 fully saturated rings. The lowest BCUT2D eigenvalue weighted by molar-refractivity contribution is -0.115. The van der Waals surface area contributed by atoms with E-state index in [2.05, 4.69) is 10.6 Å². The van der Waals surface area contributed by atoms with E-state index in [1.165, 1.54) is 0 Å². The Labute approximate surface area is 136 Å². The molecule has 2 amide bonds. The number of benzene rings is 1. The van der Waals surface area contributed by atoms with E-state index in [9.17, 15) is 9.59 Å². The molecule has 0 aromatic heterocycles. The highest BCUT2D eigenvalue weighted by atomic mass is 16.2. The number of nitrogens with one attached hydrogen (secondary N) is 2. The van der Waals surface area contributed by atoms with Gasteiger partial charge in [0.2, 0.25) is 5.91 Å². The number of fused-ring (bicyclic) bond motifs is 1. The second kappa shape index (κ2) is 6.58. The lowest BCUT2D eigenvalue weighted by atomic mass is 10.0. The largest absolute Gasteiger partial charge is 0.372 e. The Morgan fingerprint density at radius 1 is 1.35 bits per heavy atom. The summed E-state index contributed by atoms with van der Waals surface area (Å²) >= 11 is 0. The molecule has 6 nitrogen and oxygen atoms in total. The molecule has 0 bridgehead atoms. The Bertz CT molecular complexity index is 617. The molecule has 1 aromatic carbocycles. The number of carbonyl (C=O) groups is 2. The van der Waals surface area contributed by atoms with Crippen LogP contribution in [0.1, 0.15) is 29.6 Å². The van der Waals surface area contributed by atoms with Gasteiger partial charge in [0.1, 0.15) is 0 Å². The zero-order valence-electron chi connectivity index (χ0n) is 13.8. The van der Waals surface area contributed by atoms with Crippen LogP contribution < -0.4 is 15.5 Å². The summed E-state index contributed by atoms with van der Waals surface area (Å²) in [7, 11) is 3.90. The fraction of sp³-hybridized carbons (Fsp3) is 0.529. The van der Waals surface area contributed by atoms with Gasteiger partial charge in [-0.3, -0.25) is 9.59 Å². The zero-order chi connectivity index (χ0) is 16.4. The van der Waals surface area contributed by atoms with E-state index < -0.39 is 0 Å². The van der Waals surface area contributed by atoms with Crippen LogP contribution in [0.3, 0.4) is 0 Å². The number of amides is 2. The van der Waals surface area contributed by atoms with Gasteiger partial charge in [-0.25, -0.2) is 0 Å². The first-order chi connectivity index (χ1) is 11.1. The monoisotopic (exact) mass is 316 g/mol. The van der Waals surface area contributed by atoms with Crippen molar-refractivity contribution < 1.29 is 9.59 Å². The zero-order valence-corrected chi connectivity index (χ0v) is 13.8. The summed E-state index contributed by atoms with van der Waals surface area (Å²) in [5.74, 6) is 0.0299. The number of likely N-dealkylation sites (N-methyl/N-ethyl adjacent to an activating group) is 1. The van der Waals surface area contributed by atoms with Crippen molar-refractivity contribution in [2.24, 2.45) is 0 Å². The molecule has 2 aliphatic heterocycles. The van der Waals surface area contributed by atoms with Gasteiger partial charge in [0, 0.05) is 44.7 Å². The summed E-state index contributed by atoms with van der Waals surface area (Å²) in [6.07, 6.45) is 2.58. The first-order valence-electron chi connectivity index (χ1n) is 8.20. The molecule has 23 heavy (non-hydrogen) atoms. The van der Waals surface area contributed by atoms with Crippen LogP contribution in [0, 0.1) is 0 Å². The predicted molar refractivity (Wildman–Crippen MR) is 90.9 cm³/mol. The Balaban J connectivity index is 1.83. The second-order valence-electron chi connectivity index (χ2n) is 6.33. The van der Waals surface area contributed by atoms with E-state index in [1.54, 1.807) is 6.07 Å². The molecule has 1 atom stereocenters. The van der Waals surface area contributed by atoms with Crippen LogP contribution in [0.5, 0.6) is 0 Å². The third kappa shape index (κ3) is 3.32. The van der Waals surface area contributed by atoms with Crippen molar-refractivity contribution in [3.05, 3.63) is 23.8 Å². The van der Waals surface area contributed by atoms with Gasteiger partial charge in [0.25, 0.3) is 5.91 Å². The maximum absolute atomic E-state index is 12.8. The van der Waals surface area contributed by atoms with Crippen LogP contribution in [-0.4, -0.2) is 56.5 Å². The topological polar surface area (TPSA) is 64.7 Å². The molecule has 2 heterocycles. The Morgan fingerprint density at radius 3 is 2.96 bits per heavy atom. The van der Waals surface area contributed by atoms with Crippen LogP contribution in [0.2, 0.25) is 0 Å². The van der Waals surface area contributed by atoms with Gasteiger partial charge < -0.3 is 20.4 Å². The minimum absolute atomic E-state index is 0.00609. The first kappa shape index (κ1) is 15.8. The summed E-state index contributed by atoms with van der Waals surface area (Å²) in [6.45, 7) is 2.21. The highest BCUT2D eigenvalue weighted by molar-refractivity contribution is 6.01. The number of likely N-dealkylation sites (tertiary alicyclic amines) is 1. The smallest absolute Gasteiger partial charge is 0.253 e. The Morgan fingerprint density at radius 2 is 2.17 bits per heavy atom. The molecule has 2 N–H and O–H groups in total. The Kier molecular flexibility index (Phi) is 4.52. The van der Waals surface area contributed by atoms with Gasteiger partial charge in [0.05, 0.1) is 11.4 Å². The summed E-state index contributed by atoms with van der Waals surface area (Å²) in [4.78, 5) is 28.5. The van der Waals surface area contributed by atoms with Gasteiger partial charge in [-0.15, -0.1) is 0 Å². The van der Waals surface area contributed by atoms with E-state index in [-0.39, 0.29) is 11.8 Å². The summed E-state index contributed by atoms with van der Waals surface area (Å²) in [6, 6.07) is 5.95. The summed E-state index contributed by atoms with van der Waals surface area (Å²) in [5.41, 5.74) is 2.32. The summed E-state index contributed by atoms with van der Waals surface area (Å²) < 4.78 is 0. The van der Waals surface area contributed by atoms with Gasteiger partial charge in [-0.05, 0) is 38.1 Å². The molecule has 124 valence electrons. The molecule has 1 aromatic rings. The van der Waals surface area contributed by atoms with Crippen molar-refractivity contribution in [1.82, 2.24) is 10.2 Å². The van der Waals surface area contributed by atoms with Gasteiger partial charge in [-0.1, -0.05) is 0 Å². The number of carbonyl (C=O) groups excluding carboxylic acids is 2. The first-order valence-corrected chi connectivity index (χ1v) is 8.20. The lowest BCUT2D eigenvalue weighted by Crippen LogP contribution is -2.46. The number of hydrogen-bond donors (Lipinski definition) is 2. The van der Waals surface area contributed by atoms with Gasteiger partial charge >= 0.3 is 0 Å². The van der Waals surface area contributed by atoms with Crippen molar-refractivity contribution >= 4 is 23.2 Å². The van der Waals surface area contributed by atoms with E-state index in [1.807, 2.05) is 36.0 Å². The van der Waals surface area contributed by atoms with Gasteiger partial charge in [-0.2, -0.15) is 0 Å². The average Bonchev–Trinajstić information content (AvgIpc) is 2.72. The molecule has 6 heteroatoms. The van der Waals surface area contributed by atoms with Crippen molar-refractivity contribution in [3.8, 4) is 0 Å². The fourth-order valence-electron chi connectivity index (χ4n) is 3.28. The van der Waals surface area contributed by atoms with Crippen LogP contribution in [-0.2, 0) is 4.79 Å². The van der Waals surface area contributed by atoms with Crippen LogP contribution >= 0.6 is 0 Å². The molecule has 1 saturated heterocycles. The summed E-state index contributed by atoms with van der Waals surface area (Å²) in [5, 5.41) is 6.16. The number of hydrogen-bond acceptors (Lipinski definition) is 4. The molecule has 0 unspecified atom stereocenters. The number of anilines is 2.